The van der Waals surface area contributed by atoms with Gasteiger partial charge in [0.2, 0.25) is 0 Å². The minimum atomic E-state index is 0.0905. The number of hydrogen-bond donors (Lipinski definition) is 0. The van der Waals surface area contributed by atoms with Crippen molar-refractivity contribution >= 4 is 19.6 Å². The van der Waals surface area contributed by atoms with Crippen LogP contribution in [0.3, 0.4) is 0 Å². The second kappa shape index (κ2) is 4.08. The first kappa shape index (κ1) is 10.5. The van der Waals surface area contributed by atoms with E-state index in [1.165, 1.54) is 25.7 Å². The third-order valence-corrected chi connectivity index (χ3v) is 4.32. The highest BCUT2D eigenvalue weighted by Crippen LogP contribution is 2.41. The Morgan fingerprint density at radius 1 is 1.50 bits per heavy atom. The molecule has 1 saturated carbocycles. The van der Waals surface area contributed by atoms with E-state index in [1.807, 2.05) is 11.8 Å². The molecule has 0 aromatic rings. The molecule has 0 N–H and O–H groups in total. The zero-order valence-corrected chi connectivity index (χ0v) is 9.29. The first-order valence-electron chi connectivity index (χ1n) is 4.91. The second-order valence-electron chi connectivity index (χ2n) is 4.37. The molecule has 0 spiro atoms. The molecule has 0 aliphatic heterocycles. The molecule has 68 valence electrons. The summed E-state index contributed by atoms with van der Waals surface area (Å²) in [6, 6.07) is 0. The third-order valence-electron chi connectivity index (χ3n) is 3.13. The molecule has 0 amide bonds. The molecule has 0 heterocycles. The lowest BCUT2D eigenvalue weighted by molar-refractivity contribution is 0.271. The monoisotopic (exact) mass is 182 g/mol. The molecular weight excluding hydrogens is 163 g/mol. The fourth-order valence-corrected chi connectivity index (χ4v) is 2.80. The molecule has 1 rings (SSSR count). The number of hydrogen-bond acceptors (Lipinski definition) is 1. The van der Waals surface area contributed by atoms with Gasteiger partial charge in [0.25, 0.3) is 0 Å². The van der Waals surface area contributed by atoms with Crippen LogP contribution in [-0.4, -0.2) is 18.7 Å². The average Bonchev–Trinajstić information content (AvgIpc) is 2.05. The maximum atomic E-state index is 6.25. The van der Waals surface area contributed by atoms with Gasteiger partial charge in [-0.25, -0.2) is 0 Å². The lowest BCUT2D eigenvalue weighted by atomic mass is 9.67. The molecule has 0 aromatic carbocycles. The minimum absolute atomic E-state index is 0.0905. The molecule has 12 heavy (non-hydrogen) atoms. The van der Waals surface area contributed by atoms with Gasteiger partial charge in [-0.2, -0.15) is 11.8 Å². The highest BCUT2D eigenvalue weighted by Gasteiger charge is 2.31. The van der Waals surface area contributed by atoms with Gasteiger partial charge in [0.15, 0.2) is 0 Å². The van der Waals surface area contributed by atoms with Crippen LogP contribution >= 0.6 is 11.8 Å². The lowest BCUT2D eigenvalue weighted by Gasteiger charge is -2.39. The van der Waals surface area contributed by atoms with Gasteiger partial charge in [-0.15, -0.1) is 0 Å². The summed E-state index contributed by atoms with van der Waals surface area (Å²) in [6.07, 6.45) is 7.27. The molecule has 2 heteroatoms. The molecule has 0 bridgehead atoms. The highest BCUT2D eigenvalue weighted by atomic mass is 32.2. The lowest BCUT2D eigenvalue weighted by Crippen LogP contribution is -2.34. The van der Waals surface area contributed by atoms with Crippen molar-refractivity contribution in [2.45, 2.75) is 44.2 Å². The van der Waals surface area contributed by atoms with Crippen LogP contribution in [0, 0.1) is 11.8 Å². The Labute approximate surface area is 82.3 Å². The molecular formula is C10H19BS. The molecule has 0 aromatic heterocycles. The fraction of sp³-hybridized carbons (Fsp3) is 1.00. The molecule has 1 fully saturated rings. The van der Waals surface area contributed by atoms with E-state index in [-0.39, 0.29) is 4.65 Å². The zero-order valence-electron chi connectivity index (χ0n) is 8.47. The van der Waals surface area contributed by atoms with E-state index in [4.69, 9.17) is 7.85 Å². The second-order valence-corrected chi connectivity index (χ2v) is 5.59. The molecule has 2 radical (unpaired) electrons. The SMILES string of the molecule is [B]C1(SC)CCCC(C(C)C)C1. The molecule has 0 saturated heterocycles. The van der Waals surface area contributed by atoms with Crippen molar-refractivity contribution in [1.29, 1.82) is 0 Å². The smallest absolute Gasteiger partial charge is 0.0893 e. The van der Waals surface area contributed by atoms with E-state index < -0.39 is 0 Å². The third kappa shape index (κ3) is 2.45. The van der Waals surface area contributed by atoms with Crippen molar-refractivity contribution in [2.24, 2.45) is 11.8 Å². The summed E-state index contributed by atoms with van der Waals surface area (Å²) in [7, 11) is 6.25. The van der Waals surface area contributed by atoms with Crippen LogP contribution < -0.4 is 0 Å². The van der Waals surface area contributed by atoms with Crippen molar-refractivity contribution in [2.75, 3.05) is 6.26 Å². The standard InChI is InChI=1S/C10H19BS/c1-8(2)9-5-4-6-10(11,7-9)12-3/h8-9H,4-7H2,1-3H3. The van der Waals surface area contributed by atoms with Crippen LogP contribution in [-0.2, 0) is 0 Å². The highest BCUT2D eigenvalue weighted by molar-refractivity contribution is 8.01. The Bertz CT molecular complexity index is 147. The van der Waals surface area contributed by atoms with Gasteiger partial charge in [-0.05, 0) is 35.6 Å². The van der Waals surface area contributed by atoms with Crippen LogP contribution in [0.2, 0.25) is 0 Å². The molecule has 2 unspecified atom stereocenters. The van der Waals surface area contributed by atoms with E-state index in [0.29, 0.717) is 0 Å². The Balaban J connectivity index is 2.51. The minimum Gasteiger partial charge on any atom is -0.168 e. The topological polar surface area (TPSA) is 0 Å². The van der Waals surface area contributed by atoms with Crippen LogP contribution in [0.5, 0.6) is 0 Å². The van der Waals surface area contributed by atoms with E-state index >= 15 is 0 Å². The first-order chi connectivity index (χ1) is 5.57. The normalized spacial score (nSPS) is 37.2. The van der Waals surface area contributed by atoms with Crippen molar-refractivity contribution in [3.05, 3.63) is 0 Å². The van der Waals surface area contributed by atoms with Crippen molar-refractivity contribution in [3.8, 4) is 0 Å². The maximum Gasteiger partial charge on any atom is 0.0893 e. The van der Waals surface area contributed by atoms with Gasteiger partial charge in [0.05, 0.1) is 7.85 Å². The maximum absolute atomic E-state index is 6.25. The van der Waals surface area contributed by atoms with E-state index in [9.17, 15) is 0 Å². The Morgan fingerprint density at radius 3 is 2.67 bits per heavy atom. The van der Waals surface area contributed by atoms with Crippen LogP contribution in [0.1, 0.15) is 39.5 Å². The fourth-order valence-electron chi connectivity index (χ4n) is 2.07. The van der Waals surface area contributed by atoms with Crippen molar-refractivity contribution < 1.29 is 0 Å². The molecule has 2 atom stereocenters. The van der Waals surface area contributed by atoms with Crippen molar-refractivity contribution in [1.82, 2.24) is 0 Å². The van der Waals surface area contributed by atoms with E-state index in [0.717, 1.165) is 11.8 Å². The Kier molecular flexibility index (Phi) is 3.57. The quantitative estimate of drug-likeness (QED) is 0.591. The average molecular weight is 182 g/mol. The predicted molar refractivity (Wildman–Crippen MR) is 58.8 cm³/mol. The Hall–Kier alpha value is 0.415. The van der Waals surface area contributed by atoms with Crippen LogP contribution in [0.4, 0.5) is 0 Å². The van der Waals surface area contributed by atoms with Crippen molar-refractivity contribution in [3.63, 3.8) is 0 Å². The molecule has 0 nitrogen and oxygen atoms in total. The molecule has 1 aliphatic rings. The summed E-state index contributed by atoms with van der Waals surface area (Å²) in [5.74, 6) is 1.66. The van der Waals surface area contributed by atoms with E-state index in [2.05, 4.69) is 20.1 Å². The van der Waals surface area contributed by atoms with Gasteiger partial charge in [-0.1, -0.05) is 26.7 Å². The van der Waals surface area contributed by atoms with Crippen LogP contribution in [0.25, 0.3) is 0 Å². The summed E-state index contributed by atoms with van der Waals surface area (Å²) in [5, 5.41) is 0. The number of thioether (sulfide) groups is 1. The summed E-state index contributed by atoms with van der Waals surface area (Å²) in [5.41, 5.74) is 0. The van der Waals surface area contributed by atoms with Crippen LogP contribution in [0.15, 0.2) is 0 Å². The van der Waals surface area contributed by atoms with Gasteiger partial charge >= 0.3 is 0 Å². The summed E-state index contributed by atoms with van der Waals surface area (Å²) in [4.78, 5) is 0. The van der Waals surface area contributed by atoms with Gasteiger partial charge in [0.1, 0.15) is 0 Å². The zero-order chi connectivity index (χ0) is 9.19. The van der Waals surface area contributed by atoms with Gasteiger partial charge in [0, 0.05) is 0 Å². The summed E-state index contributed by atoms with van der Waals surface area (Å²) < 4.78 is 0.0905. The van der Waals surface area contributed by atoms with E-state index in [1.54, 1.807) is 0 Å². The van der Waals surface area contributed by atoms with Gasteiger partial charge < -0.3 is 0 Å². The summed E-state index contributed by atoms with van der Waals surface area (Å²) >= 11 is 1.85. The predicted octanol–water partition coefficient (Wildman–Crippen LogP) is 3.06. The van der Waals surface area contributed by atoms with Gasteiger partial charge in [-0.3, -0.25) is 0 Å². The molecule has 1 aliphatic carbocycles. The number of rotatable bonds is 2. The first-order valence-corrected chi connectivity index (χ1v) is 6.14. The summed E-state index contributed by atoms with van der Waals surface area (Å²) in [6.45, 7) is 4.63. The Morgan fingerprint density at radius 2 is 2.17 bits per heavy atom. The largest absolute Gasteiger partial charge is 0.168 e.